The predicted octanol–water partition coefficient (Wildman–Crippen LogP) is 3.51. The number of amides is 1. The second-order valence-corrected chi connectivity index (χ2v) is 6.55. The van der Waals surface area contributed by atoms with Gasteiger partial charge in [-0.15, -0.1) is 0 Å². The number of likely N-dealkylation sites (tertiary alicyclic amines) is 1. The first-order valence-electron chi connectivity index (χ1n) is 8.45. The van der Waals surface area contributed by atoms with Gasteiger partial charge in [-0.05, 0) is 36.6 Å². The standard InChI is InChI=1S/C20H20FNO4/c1-13-9-18(16-7-2-3-8-17(16)21)22(11-13)20(25)14-5-4-6-15(10-14)26-12-19(23)24/h2-8,10,13,18H,9,11-12H2,1H3,(H,23,24). The lowest BCUT2D eigenvalue weighted by Gasteiger charge is -2.25. The molecule has 0 spiro atoms. The van der Waals surface area contributed by atoms with E-state index >= 15 is 0 Å². The molecule has 0 aliphatic carbocycles. The zero-order valence-electron chi connectivity index (χ0n) is 14.4. The van der Waals surface area contributed by atoms with E-state index in [0.717, 1.165) is 0 Å². The lowest BCUT2D eigenvalue weighted by molar-refractivity contribution is -0.139. The minimum Gasteiger partial charge on any atom is -0.482 e. The van der Waals surface area contributed by atoms with Gasteiger partial charge in [0.05, 0.1) is 6.04 Å². The number of benzene rings is 2. The van der Waals surface area contributed by atoms with Crippen molar-refractivity contribution in [1.29, 1.82) is 0 Å². The number of carbonyl (C=O) groups excluding carboxylic acids is 1. The molecule has 5 nitrogen and oxygen atoms in total. The molecule has 0 saturated carbocycles. The average Bonchev–Trinajstić information content (AvgIpc) is 3.01. The molecule has 6 heteroatoms. The molecule has 1 saturated heterocycles. The summed E-state index contributed by atoms with van der Waals surface area (Å²) < 4.78 is 19.4. The molecule has 1 heterocycles. The molecular formula is C20H20FNO4. The third-order valence-electron chi connectivity index (χ3n) is 4.48. The highest BCUT2D eigenvalue weighted by Crippen LogP contribution is 2.37. The fourth-order valence-corrected chi connectivity index (χ4v) is 3.34. The summed E-state index contributed by atoms with van der Waals surface area (Å²) in [6.45, 7) is 2.10. The van der Waals surface area contributed by atoms with Crippen molar-refractivity contribution in [2.45, 2.75) is 19.4 Å². The molecule has 2 unspecified atom stereocenters. The Hall–Kier alpha value is -2.89. The van der Waals surface area contributed by atoms with Crippen LogP contribution in [0.3, 0.4) is 0 Å². The van der Waals surface area contributed by atoms with Gasteiger partial charge < -0.3 is 14.7 Å². The molecule has 136 valence electrons. The maximum atomic E-state index is 14.2. The van der Waals surface area contributed by atoms with Gasteiger partial charge in [0.25, 0.3) is 5.91 Å². The Morgan fingerprint density at radius 1 is 1.23 bits per heavy atom. The molecule has 2 aromatic rings. The molecule has 3 rings (SSSR count). The van der Waals surface area contributed by atoms with Crippen LogP contribution in [0.1, 0.15) is 35.3 Å². The van der Waals surface area contributed by atoms with Gasteiger partial charge in [-0.2, -0.15) is 0 Å². The maximum Gasteiger partial charge on any atom is 0.341 e. The average molecular weight is 357 g/mol. The Balaban J connectivity index is 1.85. The monoisotopic (exact) mass is 357 g/mol. The van der Waals surface area contributed by atoms with Gasteiger partial charge >= 0.3 is 5.97 Å². The van der Waals surface area contributed by atoms with Crippen LogP contribution in [0.25, 0.3) is 0 Å². The van der Waals surface area contributed by atoms with Crippen LogP contribution < -0.4 is 4.74 Å². The van der Waals surface area contributed by atoms with Crippen molar-refractivity contribution in [3.8, 4) is 5.75 Å². The molecule has 1 N–H and O–H groups in total. The Kier molecular flexibility index (Phi) is 5.21. The molecule has 1 amide bonds. The number of hydrogen-bond donors (Lipinski definition) is 1. The van der Waals surface area contributed by atoms with Crippen LogP contribution in [0.15, 0.2) is 48.5 Å². The minimum absolute atomic E-state index is 0.219. The summed E-state index contributed by atoms with van der Waals surface area (Å²) in [5, 5.41) is 8.71. The Bertz CT molecular complexity index is 823. The molecule has 26 heavy (non-hydrogen) atoms. The van der Waals surface area contributed by atoms with E-state index in [0.29, 0.717) is 29.8 Å². The molecule has 0 bridgehead atoms. The van der Waals surface area contributed by atoms with Gasteiger partial charge in [0.2, 0.25) is 0 Å². The topological polar surface area (TPSA) is 66.8 Å². The van der Waals surface area contributed by atoms with Crippen LogP contribution >= 0.6 is 0 Å². The molecular weight excluding hydrogens is 337 g/mol. The lowest BCUT2D eigenvalue weighted by Crippen LogP contribution is -2.31. The van der Waals surface area contributed by atoms with Crippen LogP contribution in [0, 0.1) is 11.7 Å². The van der Waals surface area contributed by atoms with Gasteiger partial charge in [-0.1, -0.05) is 31.2 Å². The number of nitrogens with zero attached hydrogens (tertiary/aromatic N) is 1. The first kappa shape index (κ1) is 17.9. The number of ether oxygens (including phenoxy) is 1. The first-order chi connectivity index (χ1) is 12.5. The molecule has 2 aromatic carbocycles. The SMILES string of the molecule is CC1CC(c2ccccc2F)N(C(=O)c2cccc(OCC(=O)O)c2)C1. The summed E-state index contributed by atoms with van der Waals surface area (Å²) in [6, 6.07) is 12.6. The van der Waals surface area contributed by atoms with E-state index in [2.05, 4.69) is 0 Å². The van der Waals surface area contributed by atoms with Crippen molar-refractivity contribution >= 4 is 11.9 Å². The highest BCUT2D eigenvalue weighted by atomic mass is 19.1. The summed E-state index contributed by atoms with van der Waals surface area (Å²) in [5.41, 5.74) is 0.909. The third kappa shape index (κ3) is 3.85. The predicted molar refractivity (Wildman–Crippen MR) is 93.5 cm³/mol. The van der Waals surface area contributed by atoms with E-state index in [1.807, 2.05) is 6.92 Å². The Labute approximate surface area is 151 Å². The van der Waals surface area contributed by atoms with Gasteiger partial charge in [-0.3, -0.25) is 4.79 Å². The summed E-state index contributed by atoms with van der Waals surface area (Å²) in [7, 11) is 0. The number of carboxylic acid groups (broad SMARTS) is 1. The fraction of sp³-hybridized carbons (Fsp3) is 0.300. The molecule has 1 aliphatic heterocycles. The zero-order chi connectivity index (χ0) is 18.7. The Morgan fingerprint density at radius 3 is 2.73 bits per heavy atom. The van der Waals surface area contributed by atoms with Gasteiger partial charge in [0, 0.05) is 17.7 Å². The van der Waals surface area contributed by atoms with Crippen molar-refractivity contribution in [3.63, 3.8) is 0 Å². The molecule has 1 aliphatic rings. The van der Waals surface area contributed by atoms with E-state index in [1.165, 1.54) is 12.1 Å². The van der Waals surface area contributed by atoms with Crippen molar-refractivity contribution < 1.29 is 23.8 Å². The first-order valence-corrected chi connectivity index (χ1v) is 8.45. The van der Waals surface area contributed by atoms with Crippen molar-refractivity contribution in [3.05, 3.63) is 65.5 Å². The Morgan fingerprint density at radius 2 is 2.00 bits per heavy atom. The summed E-state index contributed by atoms with van der Waals surface area (Å²) in [5.74, 6) is -1.05. The molecule has 2 atom stereocenters. The number of halogens is 1. The second-order valence-electron chi connectivity index (χ2n) is 6.55. The number of rotatable bonds is 5. The normalized spacial score (nSPS) is 19.4. The highest BCUT2D eigenvalue weighted by molar-refractivity contribution is 5.95. The summed E-state index contributed by atoms with van der Waals surface area (Å²) in [4.78, 5) is 25.3. The van der Waals surface area contributed by atoms with E-state index in [1.54, 1.807) is 41.3 Å². The van der Waals surface area contributed by atoms with Gasteiger partial charge in [-0.25, -0.2) is 9.18 Å². The van der Waals surface area contributed by atoms with Crippen LogP contribution in [0.4, 0.5) is 4.39 Å². The number of carbonyl (C=O) groups is 2. The third-order valence-corrected chi connectivity index (χ3v) is 4.48. The van der Waals surface area contributed by atoms with Gasteiger partial charge in [0.1, 0.15) is 11.6 Å². The molecule has 0 radical (unpaired) electrons. The lowest BCUT2D eigenvalue weighted by atomic mass is 10.00. The van der Waals surface area contributed by atoms with Crippen molar-refractivity contribution in [2.24, 2.45) is 5.92 Å². The van der Waals surface area contributed by atoms with E-state index in [9.17, 15) is 14.0 Å². The van der Waals surface area contributed by atoms with Crippen molar-refractivity contribution in [1.82, 2.24) is 4.90 Å². The van der Waals surface area contributed by atoms with E-state index < -0.39 is 12.6 Å². The minimum atomic E-state index is -1.09. The zero-order valence-corrected chi connectivity index (χ0v) is 14.4. The summed E-state index contributed by atoms with van der Waals surface area (Å²) >= 11 is 0. The second kappa shape index (κ2) is 7.56. The fourth-order valence-electron chi connectivity index (χ4n) is 3.34. The number of carboxylic acids is 1. The van der Waals surface area contributed by atoms with Crippen LogP contribution in [-0.4, -0.2) is 35.0 Å². The van der Waals surface area contributed by atoms with Crippen LogP contribution in [0.5, 0.6) is 5.75 Å². The van der Waals surface area contributed by atoms with Gasteiger partial charge in [0.15, 0.2) is 6.61 Å². The van der Waals surface area contributed by atoms with Crippen LogP contribution in [0.2, 0.25) is 0 Å². The molecule has 0 aromatic heterocycles. The van der Waals surface area contributed by atoms with Crippen molar-refractivity contribution in [2.75, 3.05) is 13.2 Å². The highest BCUT2D eigenvalue weighted by Gasteiger charge is 2.35. The molecule has 1 fully saturated rings. The largest absolute Gasteiger partial charge is 0.482 e. The smallest absolute Gasteiger partial charge is 0.341 e. The quantitative estimate of drug-likeness (QED) is 0.889. The number of hydrogen-bond acceptors (Lipinski definition) is 3. The maximum absolute atomic E-state index is 14.2. The van der Waals surface area contributed by atoms with Crippen LogP contribution in [-0.2, 0) is 4.79 Å². The van der Waals surface area contributed by atoms with E-state index in [4.69, 9.17) is 9.84 Å². The summed E-state index contributed by atoms with van der Waals surface area (Å²) in [6.07, 6.45) is 0.696. The van der Waals surface area contributed by atoms with E-state index in [-0.39, 0.29) is 23.7 Å². The number of aliphatic carboxylic acids is 1.